The van der Waals surface area contributed by atoms with E-state index < -0.39 is 25.8 Å². The van der Waals surface area contributed by atoms with E-state index in [4.69, 9.17) is 25.1 Å². The fourth-order valence-electron chi connectivity index (χ4n) is 3.64. The van der Waals surface area contributed by atoms with Gasteiger partial charge in [0, 0.05) is 12.0 Å². The average Bonchev–Trinajstić information content (AvgIpc) is 2.62. The van der Waals surface area contributed by atoms with Gasteiger partial charge in [0.25, 0.3) is 0 Å². The molecule has 2 fully saturated rings. The molecular formula is C23H34O4Si. The van der Waals surface area contributed by atoms with Gasteiger partial charge in [-0.05, 0) is 32.0 Å². The highest BCUT2D eigenvalue weighted by Crippen LogP contribution is 2.47. The molecule has 0 radical (unpaired) electrons. The Kier molecular flexibility index (Phi) is 5.59. The molecule has 2 heterocycles. The maximum Gasteiger partial charge on any atom is 0.192 e. The third-order valence-corrected chi connectivity index (χ3v) is 11.1. The van der Waals surface area contributed by atoms with E-state index in [0.717, 1.165) is 5.56 Å². The van der Waals surface area contributed by atoms with Crippen molar-refractivity contribution >= 4 is 8.32 Å². The third-order valence-electron chi connectivity index (χ3n) is 6.58. The molecule has 0 aromatic heterocycles. The second-order valence-corrected chi connectivity index (χ2v) is 14.7. The fourth-order valence-corrected chi connectivity index (χ4v) is 5.02. The lowest BCUT2D eigenvalue weighted by Gasteiger charge is -2.55. The summed E-state index contributed by atoms with van der Waals surface area (Å²) in [5.41, 5.74) is -0.399. The van der Waals surface area contributed by atoms with Crippen molar-refractivity contribution in [3.8, 4) is 12.3 Å². The van der Waals surface area contributed by atoms with E-state index in [-0.39, 0.29) is 17.2 Å². The first-order chi connectivity index (χ1) is 12.9. The second-order valence-electron chi connectivity index (χ2n) is 9.95. The Bertz CT molecular complexity index is 735. The van der Waals surface area contributed by atoms with Crippen LogP contribution in [0.4, 0.5) is 0 Å². The van der Waals surface area contributed by atoms with E-state index >= 15 is 0 Å². The van der Waals surface area contributed by atoms with Gasteiger partial charge in [-0.2, -0.15) is 0 Å². The molecule has 0 bridgehead atoms. The standard InChI is InChI=1S/C23H34O4Si/c1-9-22(5)19(26-28(7,8)21(2,3)4)15-18-23(6,27-22)16-24-20(25-18)17-13-11-10-12-14-17/h1,10-14,18-20H,15-16H2,2-8H3/t18?,19?,20?,22-,23+/m0/s1. The highest BCUT2D eigenvalue weighted by Gasteiger charge is 2.57. The van der Waals surface area contributed by atoms with Crippen LogP contribution in [0.25, 0.3) is 0 Å². The highest BCUT2D eigenvalue weighted by molar-refractivity contribution is 6.74. The molecule has 1 aromatic carbocycles. The maximum atomic E-state index is 6.74. The minimum atomic E-state index is -2.02. The van der Waals surface area contributed by atoms with Crippen LogP contribution in [0, 0.1) is 12.3 Å². The normalized spacial score (nSPS) is 36.4. The molecule has 5 heteroatoms. The van der Waals surface area contributed by atoms with Crippen molar-refractivity contribution in [2.75, 3.05) is 6.61 Å². The van der Waals surface area contributed by atoms with Gasteiger partial charge in [0.15, 0.2) is 20.2 Å². The summed E-state index contributed by atoms with van der Waals surface area (Å²) < 4.78 is 25.6. The minimum absolute atomic E-state index is 0.0896. The van der Waals surface area contributed by atoms with Crippen molar-refractivity contribution in [1.29, 1.82) is 0 Å². The van der Waals surface area contributed by atoms with Crippen LogP contribution >= 0.6 is 0 Å². The summed E-state index contributed by atoms with van der Waals surface area (Å²) in [4.78, 5) is 0. The van der Waals surface area contributed by atoms with E-state index in [9.17, 15) is 0 Å². The summed E-state index contributed by atoms with van der Waals surface area (Å²) in [5, 5.41) is 0.0896. The van der Waals surface area contributed by atoms with Crippen LogP contribution in [0.15, 0.2) is 30.3 Å². The Labute approximate surface area is 171 Å². The third kappa shape index (κ3) is 3.94. The first-order valence-corrected chi connectivity index (χ1v) is 13.0. The summed E-state index contributed by atoms with van der Waals surface area (Å²) >= 11 is 0. The van der Waals surface area contributed by atoms with Crippen molar-refractivity contribution in [2.24, 2.45) is 0 Å². The Morgan fingerprint density at radius 3 is 2.39 bits per heavy atom. The molecule has 3 unspecified atom stereocenters. The molecule has 28 heavy (non-hydrogen) atoms. The Morgan fingerprint density at radius 2 is 1.82 bits per heavy atom. The number of hydrogen-bond donors (Lipinski definition) is 0. The van der Waals surface area contributed by atoms with Gasteiger partial charge in [0.2, 0.25) is 0 Å². The smallest absolute Gasteiger partial charge is 0.192 e. The van der Waals surface area contributed by atoms with Gasteiger partial charge >= 0.3 is 0 Å². The SMILES string of the molecule is C#C[C@]1(C)O[C@]2(C)COC(c3ccccc3)OC2CC1O[Si](C)(C)C(C)(C)C. The van der Waals surface area contributed by atoms with E-state index in [1.807, 2.05) is 44.2 Å². The lowest BCUT2D eigenvalue weighted by atomic mass is 9.82. The summed E-state index contributed by atoms with van der Waals surface area (Å²) in [6.07, 6.45) is 5.86. The van der Waals surface area contributed by atoms with E-state index in [2.05, 4.69) is 39.8 Å². The first-order valence-electron chi connectivity index (χ1n) is 10.1. The van der Waals surface area contributed by atoms with Crippen LogP contribution < -0.4 is 0 Å². The molecule has 2 saturated heterocycles. The number of terminal acetylenes is 1. The predicted octanol–water partition coefficient (Wildman–Crippen LogP) is 5.06. The van der Waals surface area contributed by atoms with Crippen LogP contribution in [-0.4, -0.2) is 38.3 Å². The molecular weight excluding hydrogens is 368 g/mol. The fraction of sp³-hybridized carbons (Fsp3) is 0.652. The zero-order valence-electron chi connectivity index (χ0n) is 18.2. The van der Waals surface area contributed by atoms with Crippen molar-refractivity contribution in [3.63, 3.8) is 0 Å². The highest BCUT2D eigenvalue weighted by atomic mass is 28.4. The number of rotatable bonds is 3. The van der Waals surface area contributed by atoms with E-state index in [0.29, 0.717) is 13.0 Å². The molecule has 3 rings (SSSR count). The number of benzene rings is 1. The monoisotopic (exact) mass is 402 g/mol. The summed E-state index contributed by atoms with van der Waals surface area (Å²) in [7, 11) is -2.02. The Balaban J connectivity index is 1.85. The molecule has 4 nitrogen and oxygen atoms in total. The maximum absolute atomic E-state index is 6.74. The van der Waals surface area contributed by atoms with Gasteiger partial charge in [-0.25, -0.2) is 0 Å². The van der Waals surface area contributed by atoms with Crippen LogP contribution in [0.3, 0.4) is 0 Å². The van der Waals surface area contributed by atoms with Crippen molar-refractivity contribution in [1.82, 2.24) is 0 Å². The van der Waals surface area contributed by atoms with Gasteiger partial charge in [0.05, 0.1) is 18.8 Å². The van der Waals surface area contributed by atoms with Gasteiger partial charge in [-0.3, -0.25) is 0 Å². The zero-order valence-corrected chi connectivity index (χ0v) is 19.2. The van der Waals surface area contributed by atoms with Crippen LogP contribution in [0.2, 0.25) is 18.1 Å². The van der Waals surface area contributed by atoms with E-state index in [1.54, 1.807) is 0 Å². The minimum Gasteiger partial charge on any atom is -0.410 e. The number of hydrogen-bond acceptors (Lipinski definition) is 4. The van der Waals surface area contributed by atoms with Crippen molar-refractivity contribution in [3.05, 3.63) is 35.9 Å². The van der Waals surface area contributed by atoms with Gasteiger partial charge in [-0.15, -0.1) is 6.42 Å². The molecule has 0 amide bonds. The van der Waals surface area contributed by atoms with Crippen molar-refractivity contribution < 1.29 is 18.6 Å². The molecule has 0 spiro atoms. The zero-order chi connectivity index (χ0) is 20.8. The summed E-state index contributed by atoms with van der Waals surface area (Å²) in [5.74, 6) is 2.87. The van der Waals surface area contributed by atoms with Gasteiger partial charge < -0.3 is 18.6 Å². The largest absolute Gasteiger partial charge is 0.410 e. The first kappa shape index (κ1) is 21.5. The Hall–Kier alpha value is -1.16. The molecule has 5 atom stereocenters. The molecule has 2 aliphatic rings. The quantitative estimate of drug-likeness (QED) is 0.523. The van der Waals surface area contributed by atoms with E-state index in [1.165, 1.54) is 0 Å². The van der Waals surface area contributed by atoms with Gasteiger partial charge in [0.1, 0.15) is 5.60 Å². The lowest BCUT2D eigenvalue weighted by Crippen LogP contribution is -2.66. The van der Waals surface area contributed by atoms with Crippen molar-refractivity contribution in [2.45, 2.75) is 88.9 Å². The number of ether oxygens (including phenoxy) is 3. The van der Waals surface area contributed by atoms with Gasteiger partial charge in [-0.1, -0.05) is 57.0 Å². The lowest BCUT2D eigenvalue weighted by molar-refractivity contribution is -0.345. The molecule has 0 aliphatic carbocycles. The molecule has 2 aliphatic heterocycles. The molecule has 0 saturated carbocycles. The molecule has 0 N–H and O–H groups in total. The van der Waals surface area contributed by atoms with Crippen LogP contribution in [0.5, 0.6) is 0 Å². The Morgan fingerprint density at radius 1 is 1.18 bits per heavy atom. The second kappa shape index (κ2) is 7.27. The van der Waals surface area contributed by atoms with Crippen LogP contribution in [-0.2, 0) is 18.6 Å². The number of fused-ring (bicyclic) bond motifs is 1. The average molecular weight is 403 g/mol. The van der Waals surface area contributed by atoms with Crippen LogP contribution in [0.1, 0.15) is 52.9 Å². The molecule has 1 aromatic rings. The topological polar surface area (TPSA) is 36.9 Å². The summed E-state index contributed by atoms with van der Waals surface area (Å²) in [6, 6.07) is 10.0. The predicted molar refractivity (Wildman–Crippen MR) is 113 cm³/mol. The summed E-state index contributed by atoms with van der Waals surface area (Å²) in [6.45, 7) is 15.6. The molecule has 154 valence electrons.